The van der Waals surface area contributed by atoms with E-state index in [1.807, 2.05) is 44.4 Å². The Labute approximate surface area is 161 Å². The second-order valence-corrected chi connectivity index (χ2v) is 6.63. The van der Waals surface area contributed by atoms with E-state index in [2.05, 4.69) is 25.4 Å². The number of nitrogens with one attached hydrogen (secondary N) is 2. The highest BCUT2D eigenvalue weighted by molar-refractivity contribution is 5.85. The number of fused-ring (bicyclic) bond motifs is 1. The number of aromatic amines is 1. The molecule has 0 bridgehead atoms. The topological polar surface area (TPSA) is 115 Å². The molecule has 0 aliphatic carbocycles. The third kappa shape index (κ3) is 3.44. The van der Waals surface area contributed by atoms with Gasteiger partial charge < -0.3 is 16.0 Å². The van der Waals surface area contributed by atoms with Crippen molar-refractivity contribution in [3.8, 4) is 22.5 Å². The van der Waals surface area contributed by atoms with Crippen LogP contribution in [-0.2, 0) is 18.3 Å². The minimum Gasteiger partial charge on any atom is -0.383 e. The number of nitrogens with zero attached hydrogens (tertiary/aromatic N) is 4. The van der Waals surface area contributed by atoms with Crippen LogP contribution in [-0.4, -0.2) is 37.2 Å². The largest absolute Gasteiger partial charge is 0.383 e. The molecule has 8 nitrogen and oxygen atoms in total. The van der Waals surface area contributed by atoms with Gasteiger partial charge in [0.2, 0.25) is 5.91 Å². The van der Waals surface area contributed by atoms with Gasteiger partial charge in [-0.2, -0.15) is 5.10 Å². The molecule has 3 heterocycles. The summed E-state index contributed by atoms with van der Waals surface area (Å²) in [7, 11) is 1.87. The van der Waals surface area contributed by atoms with E-state index in [4.69, 9.17) is 5.73 Å². The smallest absolute Gasteiger partial charge is 0.224 e. The lowest BCUT2D eigenvalue weighted by atomic mass is 10.1. The first-order valence-corrected chi connectivity index (χ1v) is 9.03. The average Bonchev–Trinajstić information content (AvgIpc) is 3.28. The average molecular weight is 375 g/mol. The number of benzene rings is 1. The predicted octanol–water partition coefficient (Wildman–Crippen LogP) is 2.29. The molecule has 0 saturated heterocycles. The Morgan fingerprint density at radius 2 is 2.11 bits per heavy atom. The van der Waals surface area contributed by atoms with Crippen molar-refractivity contribution < 1.29 is 4.79 Å². The van der Waals surface area contributed by atoms with E-state index in [1.165, 1.54) is 0 Å². The SMILES string of the molecule is CCNC(=O)Cc1ccc2nc(-c3cc(-c4cnn(C)c4)cnc3N)[nH]c2c1. The summed E-state index contributed by atoms with van der Waals surface area (Å²) < 4.78 is 1.74. The third-order valence-corrected chi connectivity index (χ3v) is 4.50. The van der Waals surface area contributed by atoms with Gasteiger partial charge in [-0.05, 0) is 30.7 Å². The number of H-pyrrole nitrogens is 1. The van der Waals surface area contributed by atoms with Gasteiger partial charge in [0, 0.05) is 37.1 Å². The van der Waals surface area contributed by atoms with Gasteiger partial charge >= 0.3 is 0 Å². The second kappa shape index (κ2) is 7.15. The zero-order chi connectivity index (χ0) is 19.7. The lowest BCUT2D eigenvalue weighted by Crippen LogP contribution is -2.24. The quantitative estimate of drug-likeness (QED) is 0.495. The summed E-state index contributed by atoms with van der Waals surface area (Å²) in [5, 5.41) is 7.01. The van der Waals surface area contributed by atoms with Crippen LogP contribution in [0, 0.1) is 0 Å². The third-order valence-electron chi connectivity index (χ3n) is 4.50. The van der Waals surface area contributed by atoms with Gasteiger partial charge in [0.15, 0.2) is 0 Å². The summed E-state index contributed by atoms with van der Waals surface area (Å²) in [5.41, 5.74) is 11.3. The van der Waals surface area contributed by atoms with E-state index >= 15 is 0 Å². The van der Waals surface area contributed by atoms with Gasteiger partial charge in [0.1, 0.15) is 11.6 Å². The van der Waals surface area contributed by atoms with Crippen molar-refractivity contribution in [3.05, 3.63) is 48.4 Å². The lowest BCUT2D eigenvalue weighted by Gasteiger charge is -2.04. The van der Waals surface area contributed by atoms with Crippen molar-refractivity contribution in [2.24, 2.45) is 7.05 Å². The molecule has 0 fully saturated rings. The van der Waals surface area contributed by atoms with E-state index in [0.29, 0.717) is 24.6 Å². The molecule has 4 rings (SSSR count). The molecule has 4 aromatic rings. The number of nitrogen functional groups attached to an aromatic ring is 1. The molecule has 0 saturated carbocycles. The number of hydrogen-bond donors (Lipinski definition) is 3. The van der Waals surface area contributed by atoms with Gasteiger partial charge in [-0.25, -0.2) is 9.97 Å². The monoisotopic (exact) mass is 375 g/mol. The molecule has 142 valence electrons. The van der Waals surface area contributed by atoms with Crippen molar-refractivity contribution >= 4 is 22.8 Å². The molecule has 0 aliphatic heterocycles. The Bertz CT molecular complexity index is 1160. The molecule has 0 radical (unpaired) electrons. The van der Waals surface area contributed by atoms with Gasteiger partial charge in [0.25, 0.3) is 0 Å². The Hall–Kier alpha value is -3.68. The number of likely N-dealkylation sites (N-methyl/N-ethyl adjacent to an activating group) is 1. The van der Waals surface area contributed by atoms with Crippen LogP contribution in [0.2, 0.25) is 0 Å². The number of rotatable bonds is 5. The number of pyridine rings is 1. The van der Waals surface area contributed by atoms with Crippen LogP contribution in [0.25, 0.3) is 33.5 Å². The Balaban J connectivity index is 1.70. The Kier molecular flexibility index (Phi) is 4.52. The van der Waals surface area contributed by atoms with Crippen LogP contribution in [0.15, 0.2) is 42.9 Å². The van der Waals surface area contributed by atoms with Crippen molar-refractivity contribution in [3.63, 3.8) is 0 Å². The van der Waals surface area contributed by atoms with Gasteiger partial charge in [-0.1, -0.05) is 6.07 Å². The predicted molar refractivity (Wildman–Crippen MR) is 108 cm³/mol. The molecule has 8 heteroatoms. The number of carbonyl (C=O) groups is 1. The maximum atomic E-state index is 11.8. The molecule has 0 spiro atoms. The zero-order valence-electron chi connectivity index (χ0n) is 15.7. The first-order chi connectivity index (χ1) is 13.5. The van der Waals surface area contributed by atoms with Crippen LogP contribution >= 0.6 is 0 Å². The minimum atomic E-state index is -0.000736. The van der Waals surface area contributed by atoms with Gasteiger partial charge in [0.05, 0.1) is 29.2 Å². The first kappa shape index (κ1) is 17.7. The maximum Gasteiger partial charge on any atom is 0.224 e. The summed E-state index contributed by atoms with van der Waals surface area (Å²) in [4.78, 5) is 24.1. The fourth-order valence-electron chi connectivity index (χ4n) is 3.13. The van der Waals surface area contributed by atoms with Crippen LogP contribution in [0.3, 0.4) is 0 Å². The fourth-order valence-corrected chi connectivity index (χ4v) is 3.13. The van der Waals surface area contributed by atoms with E-state index in [0.717, 1.165) is 33.3 Å². The summed E-state index contributed by atoms with van der Waals surface area (Å²) in [6, 6.07) is 7.71. The molecule has 1 aromatic carbocycles. The van der Waals surface area contributed by atoms with E-state index in [9.17, 15) is 4.79 Å². The molecule has 1 amide bonds. The molecule has 3 aromatic heterocycles. The Morgan fingerprint density at radius 1 is 1.25 bits per heavy atom. The lowest BCUT2D eigenvalue weighted by molar-refractivity contribution is -0.120. The van der Waals surface area contributed by atoms with E-state index in [-0.39, 0.29) is 5.91 Å². The first-order valence-electron chi connectivity index (χ1n) is 9.03. The summed E-state index contributed by atoms with van der Waals surface area (Å²) in [6.45, 7) is 2.52. The number of nitrogens with two attached hydrogens (primary N) is 1. The number of anilines is 1. The zero-order valence-corrected chi connectivity index (χ0v) is 15.7. The maximum absolute atomic E-state index is 11.8. The van der Waals surface area contributed by atoms with Gasteiger partial charge in [-0.3, -0.25) is 9.48 Å². The molecule has 0 unspecified atom stereocenters. The highest BCUT2D eigenvalue weighted by Crippen LogP contribution is 2.29. The number of aryl methyl sites for hydroxylation is 1. The van der Waals surface area contributed by atoms with Crippen LogP contribution in [0.4, 0.5) is 5.82 Å². The minimum absolute atomic E-state index is 0.000736. The second-order valence-electron chi connectivity index (χ2n) is 6.63. The van der Waals surface area contributed by atoms with Crippen LogP contribution < -0.4 is 11.1 Å². The normalized spacial score (nSPS) is 11.1. The summed E-state index contributed by atoms with van der Waals surface area (Å²) in [5.74, 6) is 1.04. The van der Waals surface area contributed by atoms with Crippen LogP contribution in [0.5, 0.6) is 0 Å². The van der Waals surface area contributed by atoms with Gasteiger partial charge in [-0.15, -0.1) is 0 Å². The van der Waals surface area contributed by atoms with Crippen molar-refractivity contribution in [1.82, 2.24) is 30.0 Å². The van der Waals surface area contributed by atoms with Crippen LogP contribution in [0.1, 0.15) is 12.5 Å². The summed E-state index contributed by atoms with van der Waals surface area (Å²) in [6.07, 6.45) is 5.76. The number of hydrogen-bond acceptors (Lipinski definition) is 5. The molecule has 0 atom stereocenters. The molecular weight excluding hydrogens is 354 g/mol. The number of carbonyl (C=O) groups excluding carboxylic acids is 1. The fraction of sp³-hybridized carbons (Fsp3) is 0.200. The number of imidazole rings is 1. The van der Waals surface area contributed by atoms with Crippen molar-refractivity contribution in [2.75, 3.05) is 12.3 Å². The highest BCUT2D eigenvalue weighted by Gasteiger charge is 2.13. The Morgan fingerprint density at radius 3 is 2.86 bits per heavy atom. The summed E-state index contributed by atoms with van der Waals surface area (Å²) >= 11 is 0. The highest BCUT2D eigenvalue weighted by atomic mass is 16.1. The molecule has 28 heavy (non-hydrogen) atoms. The van der Waals surface area contributed by atoms with E-state index in [1.54, 1.807) is 17.1 Å². The molecule has 0 aliphatic rings. The van der Waals surface area contributed by atoms with E-state index < -0.39 is 0 Å². The standard InChI is InChI=1S/C20H21N7O/c1-3-22-18(28)7-12-4-5-16-17(6-12)26-20(25-16)15-8-13(9-23-19(15)21)14-10-24-27(2)11-14/h4-6,8-11H,3,7H2,1-2H3,(H2,21,23)(H,22,28)(H,25,26). The van der Waals surface area contributed by atoms with Crippen molar-refractivity contribution in [1.29, 1.82) is 0 Å². The molecule has 4 N–H and O–H groups in total. The number of aromatic nitrogens is 5. The molecular formula is C20H21N7O. The number of amides is 1. The van der Waals surface area contributed by atoms with Crippen molar-refractivity contribution in [2.45, 2.75) is 13.3 Å².